The van der Waals surface area contributed by atoms with Crippen LogP contribution in [0.15, 0.2) is 48.5 Å². The van der Waals surface area contributed by atoms with Crippen molar-refractivity contribution in [1.82, 2.24) is 5.32 Å². The molecule has 0 aliphatic heterocycles. The van der Waals surface area contributed by atoms with E-state index in [0.717, 1.165) is 6.26 Å². The van der Waals surface area contributed by atoms with E-state index in [1.165, 1.54) is 18.2 Å². The number of halogens is 1. The maximum Gasteiger partial charge on any atom is 0.251 e. The number of carbonyl (C=O) groups excluding carboxylic acids is 1. The quantitative estimate of drug-likeness (QED) is 0.881. The van der Waals surface area contributed by atoms with Crippen LogP contribution in [0.1, 0.15) is 28.9 Å². The number of amides is 1. The third-order valence-electron chi connectivity index (χ3n) is 3.12. The lowest BCUT2D eigenvalue weighted by molar-refractivity contribution is 0.0940. The Hall–Kier alpha value is -2.41. The summed E-state index contributed by atoms with van der Waals surface area (Å²) in [6, 6.07) is 11.7. The van der Waals surface area contributed by atoms with E-state index in [0.29, 0.717) is 16.8 Å². The van der Waals surface area contributed by atoms with E-state index in [2.05, 4.69) is 10.0 Å². The molecule has 2 aromatic carbocycles. The highest BCUT2D eigenvalue weighted by Crippen LogP contribution is 2.16. The lowest BCUT2D eigenvalue weighted by atomic mass is 10.1. The van der Waals surface area contributed by atoms with Gasteiger partial charge in [0.2, 0.25) is 10.0 Å². The summed E-state index contributed by atoms with van der Waals surface area (Å²) in [5, 5.41) is 2.75. The Kier molecular flexibility index (Phi) is 5.00. The smallest absolute Gasteiger partial charge is 0.251 e. The molecule has 0 aromatic heterocycles. The van der Waals surface area contributed by atoms with Crippen LogP contribution >= 0.6 is 0 Å². The topological polar surface area (TPSA) is 75.3 Å². The molecule has 1 atom stereocenters. The van der Waals surface area contributed by atoms with Gasteiger partial charge in [0.15, 0.2) is 0 Å². The van der Waals surface area contributed by atoms with Crippen molar-refractivity contribution in [1.29, 1.82) is 0 Å². The molecule has 2 N–H and O–H groups in total. The molecule has 23 heavy (non-hydrogen) atoms. The summed E-state index contributed by atoms with van der Waals surface area (Å²) in [6.45, 7) is 1.74. The van der Waals surface area contributed by atoms with E-state index in [1.54, 1.807) is 37.3 Å². The van der Waals surface area contributed by atoms with Crippen molar-refractivity contribution in [2.45, 2.75) is 13.0 Å². The first-order valence-corrected chi connectivity index (χ1v) is 8.78. The highest BCUT2D eigenvalue weighted by molar-refractivity contribution is 7.92. The minimum Gasteiger partial charge on any atom is -0.346 e. The Morgan fingerprint density at radius 1 is 1.13 bits per heavy atom. The second-order valence-corrected chi connectivity index (χ2v) is 6.95. The van der Waals surface area contributed by atoms with Gasteiger partial charge in [0.05, 0.1) is 12.3 Å². The molecule has 0 fully saturated rings. The van der Waals surface area contributed by atoms with Gasteiger partial charge in [0.25, 0.3) is 5.91 Å². The summed E-state index contributed by atoms with van der Waals surface area (Å²) in [4.78, 5) is 12.2. The fourth-order valence-corrected chi connectivity index (χ4v) is 2.63. The van der Waals surface area contributed by atoms with Crippen LogP contribution in [0.25, 0.3) is 0 Å². The van der Waals surface area contributed by atoms with Gasteiger partial charge < -0.3 is 5.32 Å². The van der Waals surface area contributed by atoms with Crippen molar-refractivity contribution in [2.24, 2.45) is 0 Å². The van der Waals surface area contributed by atoms with Crippen molar-refractivity contribution in [2.75, 3.05) is 11.0 Å². The first kappa shape index (κ1) is 17.0. The maximum atomic E-state index is 13.2. The SMILES string of the molecule is CC(NC(=O)c1cccc(NS(C)(=O)=O)c1)c1cccc(F)c1. The molecule has 1 unspecified atom stereocenters. The molecule has 122 valence electrons. The fraction of sp³-hybridized carbons (Fsp3) is 0.188. The summed E-state index contributed by atoms with van der Waals surface area (Å²) in [5.41, 5.74) is 1.25. The summed E-state index contributed by atoms with van der Waals surface area (Å²) >= 11 is 0. The molecule has 0 spiro atoms. The minimum atomic E-state index is -3.41. The number of nitrogens with one attached hydrogen (secondary N) is 2. The summed E-state index contributed by atoms with van der Waals surface area (Å²) < 4.78 is 38.0. The molecule has 0 saturated carbocycles. The summed E-state index contributed by atoms with van der Waals surface area (Å²) in [5.74, 6) is -0.748. The van der Waals surface area contributed by atoms with Gasteiger partial charge in [-0.25, -0.2) is 12.8 Å². The fourth-order valence-electron chi connectivity index (χ4n) is 2.08. The number of rotatable bonds is 5. The molecular weight excluding hydrogens is 319 g/mol. The Morgan fingerprint density at radius 2 is 1.83 bits per heavy atom. The molecule has 0 heterocycles. The van der Waals surface area contributed by atoms with E-state index < -0.39 is 10.0 Å². The van der Waals surface area contributed by atoms with E-state index in [-0.39, 0.29) is 17.8 Å². The van der Waals surface area contributed by atoms with Crippen molar-refractivity contribution < 1.29 is 17.6 Å². The first-order chi connectivity index (χ1) is 10.7. The van der Waals surface area contributed by atoms with Gasteiger partial charge >= 0.3 is 0 Å². The molecule has 1 amide bonds. The molecular formula is C16H17FN2O3S. The Labute approximate surface area is 134 Å². The zero-order valence-electron chi connectivity index (χ0n) is 12.7. The summed E-state index contributed by atoms with van der Waals surface area (Å²) in [7, 11) is -3.41. The average molecular weight is 336 g/mol. The van der Waals surface area contributed by atoms with Crippen LogP contribution in [0.2, 0.25) is 0 Å². The van der Waals surface area contributed by atoms with Crippen LogP contribution in [-0.4, -0.2) is 20.6 Å². The second-order valence-electron chi connectivity index (χ2n) is 5.21. The molecule has 0 saturated heterocycles. The van der Waals surface area contributed by atoms with E-state index in [1.807, 2.05) is 0 Å². The molecule has 0 bridgehead atoms. The molecule has 0 aliphatic carbocycles. The molecule has 7 heteroatoms. The largest absolute Gasteiger partial charge is 0.346 e. The Morgan fingerprint density at radius 3 is 2.48 bits per heavy atom. The van der Waals surface area contributed by atoms with E-state index in [9.17, 15) is 17.6 Å². The number of anilines is 1. The lowest BCUT2D eigenvalue weighted by Gasteiger charge is -2.15. The third kappa shape index (κ3) is 5.07. The Bertz CT molecular complexity index is 822. The van der Waals surface area contributed by atoms with Crippen molar-refractivity contribution in [3.63, 3.8) is 0 Å². The van der Waals surface area contributed by atoms with Crippen LogP contribution in [0.3, 0.4) is 0 Å². The van der Waals surface area contributed by atoms with Crippen LogP contribution in [-0.2, 0) is 10.0 Å². The van der Waals surface area contributed by atoms with Crippen molar-refractivity contribution >= 4 is 21.6 Å². The van der Waals surface area contributed by atoms with Gasteiger partial charge in [-0.2, -0.15) is 0 Å². The zero-order chi connectivity index (χ0) is 17.0. The number of sulfonamides is 1. The van der Waals surface area contributed by atoms with Gasteiger partial charge in [0, 0.05) is 11.3 Å². The first-order valence-electron chi connectivity index (χ1n) is 6.89. The molecule has 0 aliphatic rings. The third-order valence-corrected chi connectivity index (χ3v) is 3.73. The maximum absolute atomic E-state index is 13.2. The van der Waals surface area contributed by atoms with Crippen LogP contribution < -0.4 is 10.0 Å². The number of benzene rings is 2. The van der Waals surface area contributed by atoms with Gasteiger partial charge in [-0.3, -0.25) is 9.52 Å². The van der Waals surface area contributed by atoms with Gasteiger partial charge in [-0.15, -0.1) is 0 Å². The van der Waals surface area contributed by atoms with Gasteiger partial charge in [-0.05, 0) is 42.8 Å². The molecule has 2 rings (SSSR count). The average Bonchev–Trinajstić information content (AvgIpc) is 2.45. The van der Waals surface area contributed by atoms with Crippen LogP contribution in [0.5, 0.6) is 0 Å². The number of carbonyl (C=O) groups is 1. The second kappa shape index (κ2) is 6.78. The van der Waals surface area contributed by atoms with Crippen LogP contribution in [0, 0.1) is 5.82 Å². The number of hydrogen-bond acceptors (Lipinski definition) is 3. The standard InChI is InChI=1S/C16H17FN2O3S/c1-11(12-5-3-7-14(17)9-12)18-16(20)13-6-4-8-15(10-13)19-23(2,21)22/h3-11,19H,1-2H3,(H,18,20). The van der Waals surface area contributed by atoms with Crippen molar-refractivity contribution in [3.05, 3.63) is 65.5 Å². The molecule has 2 aromatic rings. The van der Waals surface area contributed by atoms with E-state index >= 15 is 0 Å². The predicted molar refractivity (Wildman–Crippen MR) is 87.2 cm³/mol. The van der Waals surface area contributed by atoms with Crippen molar-refractivity contribution in [3.8, 4) is 0 Å². The van der Waals surface area contributed by atoms with Crippen LogP contribution in [0.4, 0.5) is 10.1 Å². The zero-order valence-corrected chi connectivity index (χ0v) is 13.5. The predicted octanol–water partition coefficient (Wildman–Crippen LogP) is 2.69. The molecule has 0 radical (unpaired) electrons. The lowest BCUT2D eigenvalue weighted by Crippen LogP contribution is -2.26. The highest BCUT2D eigenvalue weighted by atomic mass is 32.2. The van der Waals surface area contributed by atoms with E-state index in [4.69, 9.17) is 0 Å². The minimum absolute atomic E-state index is 0.304. The monoisotopic (exact) mass is 336 g/mol. The number of hydrogen-bond donors (Lipinski definition) is 2. The van der Waals surface area contributed by atoms with Gasteiger partial charge in [-0.1, -0.05) is 18.2 Å². The normalized spacial score (nSPS) is 12.5. The van der Waals surface area contributed by atoms with Gasteiger partial charge in [0.1, 0.15) is 5.82 Å². The Balaban J connectivity index is 2.13. The molecule has 5 nitrogen and oxygen atoms in total. The summed E-state index contributed by atoms with van der Waals surface area (Å²) in [6.07, 6.45) is 1.03. The highest BCUT2D eigenvalue weighted by Gasteiger charge is 2.13.